The van der Waals surface area contributed by atoms with Crippen LogP contribution in [0, 0.1) is 5.82 Å². The van der Waals surface area contributed by atoms with Gasteiger partial charge in [-0.25, -0.2) is 12.8 Å². The Morgan fingerprint density at radius 3 is 2.40 bits per heavy atom. The van der Waals surface area contributed by atoms with E-state index in [1.165, 1.54) is 36.6 Å². The van der Waals surface area contributed by atoms with E-state index in [1.54, 1.807) is 17.0 Å². The zero-order chi connectivity index (χ0) is 21.7. The average Bonchev–Trinajstić information content (AvgIpc) is 2.72. The molecular formula is C21H24ClFN2O4S. The van der Waals surface area contributed by atoms with E-state index >= 15 is 0 Å². The zero-order valence-corrected chi connectivity index (χ0v) is 18.3. The molecule has 1 aliphatic rings. The van der Waals surface area contributed by atoms with Crippen LogP contribution in [0.25, 0.3) is 0 Å². The van der Waals surface area contributed by atoms with Gasteiger partial charge in [-0.05, 0) is 48.9 Å². The highest BCUT2D eigenvalue weighted by Gasteiger charge is 2.24. The number of piperazine rings is 1. The molecule has 0 atom stereocenters. The van der Waals surface area contributed by atoms with Crippen LogP contribution in [0.15, 0.2) is 47.4 Å². The average molecular weight is 455 g/mol. The first-order valence-corrected chi connectivity index (χ1v) is 11.9. The molecular weight excluding hydrogens is 431 g/mol. The van der Waals surface area contributed by atoms with Crippen LogP contribution in [0.5, 0.6) is 5.75 Å². The van der Waals surface area contributed by atoms with Gasteiger partial charge in [0.25, 0.3) is 5.91 Å². The number of ether oxygens (including phenoxy) is 1. The van der Waals surface area contributed by atoms with Crippen molar-refractivity contribution >= 4 is 27.3 Å². The number of amides is 1. The molecule has 0 aliphatic carbocycles. The van der Waals surface area contributed by atoms with Crippen molar-refractivity contribution < 1.29 is 22.3 Å². The molecule has 0 aromatic heterocycles. The number of rotatable bonds is 7. The second-order valence-corrected chi connectivity index (χ2v) is 9.66. The van der Waals surface area contributed by atoms with Crippen LogP contribution >= 0.6 is 11.6 Å². The fourth-order valence-corrected chi connectivity index (χ4v) is 4.07. The summed E-state index contributed by atoms with van der Waals surface area (Å²) in [5.74, 6) is -0.273. The van der Waals surface area contributed by atoms with E-state index in [-0.39, 0.29) is 16.4 Å². The van der Waals surface area contributed by atoms with E-state index in [2.05, 4.69) is 4.90 Å². The number of carbonyl (C=O) groups is 1. The summed E-state index contributed by atoms with van der Waals surface area (Å²) in [4.78, 5) is 16.7. The number of benzene rings is 2. The van der Waals surface area contributed by atoms with E-state index in [1.807, 2.05) is 0 Å². The molecule has 0 spiro atoms. The molecule has 6 nitrogen and oxygen atoms in total. The molecule has 1 aliphatic heterocycles. The summed E-state index contributed by atoms with van der Waals surface area (Å²) in [6.07, 6.45) is 1.96. The zero-order valence-electron chi connectivity index (χ0n) is 16.7. The lowest BCUT2D eigenvalue weighted by Gasteiger charge is -2.34. The first kappa shape index (κ1) is 22.5. The van der Waals surface area contributed by atoms with Gasteiger partial charge in [0.1, 0.15) is 11.6 Å². The van der Waals surface area contributed by atoms with Crippen molar-refractivity contribution in [2.75, 3.05) is 45.6 Å². The minimum atomic E-state index is -3.21. The number of halogens is 2. The SMILES string of the molecule is CS(=O)(=O)c1ccc(OCCCN2CCN(C(=O)c3cc(Cl)ccc3F)CC2)cc1. The number of hydrogen-bond donors (Lipinski definition) is 0. The Kier molecular flexibility index (Phi) is 7.33. The molecule has 1 amide bonds. The van der Waals surface area contributed by atoms with Crippen molar-refractivity contribution in [3.63, 3.8) is 0 Å². The third-order valence-electron chi connectivity index (χ3n) is 4.96. The number of nitrogens with zero attached hydrogens (tertiary/aromatic N) is 2. The van der Waals surface area contributed by atoms with Gasteiger partial charge in [-0.1, -0.05) is 11.6 Å². The molecule has 162 valence electrons. The summed E-state index contributed by atoms with van der Waals surface area (Å²) in [5, 5.41) is 0.337. The number of sulfone groups is 1. The van der Waals surface area contributed by atoms with Gasteiger partial charge in [-0.3, -0.25) is 9.69 Å². The van der Waals surface area contributed by atoms with Gasteiger partial charge >= 0.3 is 0 Å². The molecule has 9 heteroatoms. The van der Waals surface area contributed by atoms with Crippen LogP contribution in [0.2, 0.25) is 5.02 Å². The first-order chi connectivity index (χ1) is 14.2. The van der Waals surface area contributed by atoms with E-state index in [4.69, 9.17) is 16.3 Å². The highest BCUT2D eigenvalue weighted by molar-refractivity contribution is 7.90. The largest absolute Gasteiger partial charge is 0.494 e. The van der Waals surface area contributed by atoms with Gasteiger partial charge in [0, 0.05) is 44.0 Å². The first-order valence-electron chi connectivity index (χ1n) is 9.63. The van der Waals surface area contributed by atoms with Crippen LogP contribution in [0.3, 0.4) is 0 Å². The van der Waals surface area contributed by atoms with E-state index in [9.17, 15) is 17.6 Å². The molecule has 0 N–H and O–H groups in total. The minimum absolute atomic E-state index is 0.00578. The van der Waals surface area contributed by atoms with E-state index in [0.29, 0.717) is 43.6 Å². The lowest BCUT2D eigenvalue weighted by Crippen LogP contribution is -2.49. The topological polar surface area (TPSA) is 66.9 Å². The quantitative estimate of drug-likeness (QED) is 0.601. The van der Waals surface area contributed by atoms with Crippen molar-refractivity contribution in [2.24, 2.45) is 0 Å². The monoisotopic (exact) mass is 454 g/mol. The smallest absolute Gasteiger partial charge is 0.256 e. The van der Waals surface area contributed by atoms with Crippen LogP contribution in [-0.2, 0) is 9.84 Å². The molecule has 1 fully saturated rings. The maximum absolute atomic E-state index is 13.9. The lowest BCUT2D eigenvalue weighted by molar-refractivity contribution is 0.0626. The van der Waals surface area contributed by atoms with Crippen LogP contribution in [-0.4, -0.2) is 69.7 Å². The van der Waals surface area contributed by atoms with Gasteiger partial charge in [0.05, 0.1) is 17.1 Å². The van der Waals surface area contributed by atoms with Gasteiger partial charge in [0.2, 0.25) is 0 Å². The lowest BCUT2D eigenvalue weighted by atomic mass is 10.1. The molecule has 30 heavy (non-hydrogen) atoms. The molecule has 0 radical (unpaired) electrons. The molecule has 1 saturated heterocycles. The Morgan fingerprint density at radius 2 is 1.77 bits per heavy atom. The molecule has 0 saturated carbocycles. The second kappa shape index (κ2) is 9.76. The summed E-state index contributed by atoms with van der Waals surface area (Å²) in [6.45, 7) is 3.78. The summed E-state index contributed by atoms with van der Waals surface area (Å²) in [5.41, 5.74) is 0.00578. The predicted octanol–water partition coefficient (Wildman–Crippen LogP) is 3.11. The van der Waals surface area contributed by atoms with Crippen molar-refractivity contribution in [1.29, 1.82) is 0 Å². The summed E-state index contributed by atoms with van der Waals surface area (Å²) < 4.78 is 42.5. The fraction of sp³-hybridized carbons (Fsp3) is 0.381. The van der Waals surface area contributed by atoms with Gasteiger partial charge in [0.15, 0.2) is 9.84 Å². The van der Waals surface area contributed by atoms with Crippen molar-refractivity contribution in [1.82, 2.24) is 9.80 Å². The van der Waals surface area contributed by atoms with E-state index in [0.717, 1.165) is 13.0 Å². The summed E-state index contributed by atoms with van der Waals surface area (Å²) in [6, 6.07) is 10.4. The van der Waals surface area contributed by atoms with Crippen LogP contribution in [0.4, 0.5) is 4.39 Å². The molecule has 3 rings (SSSR count). The normalized spacial score (nSPS) is 15.2. The number of hydrogen-bond acceptors (Lipinski definition) is 5. The fourth-order valence-electron chi connectivity index (χ4n) is 3.27. The van der Waals surface area contributed by atoms with E-state index < -0.39 is 15.7 Å². The second-order valence-electron chi connectivity index (χ2n) is 7.20. The number of carbonyl (C=O) groups excluding carboxylic acids is 1. The minimum Gasteiger partial charge on any atom is -0.494 e. The predicted molar refractivity (Wildman–Crippen MR) is 113 cm³/mol. The summed E-state index contributed by atoms with van der Waals surface area (Å²) >= 11 is 5.88. The maximum Gasteiger partial charge on any atom is 0.256 e. The third kappa shape index (κ3) is 5.93. The maximum atomic E-state index is 13.9. The van der Waals surface area contributed by atoms with Crippen molar-refractivity contribution in [3.05, 3.63) is 58.9 Å². The molecule has 1 heterocycles. The molecule has 2 aromatic carbocycles. The van der Waals surface area contributed by atoms with Crippen molar-refractivity contribution in [3.8, 4) is 5.75 Å². The molecule has 0 unspecified atom stereocenters. The Balaban J connectivity index is 1.40. The van der Waals surface area contributed by atoms with Crippen LogP contribution in [0.1, 0.15) is 16.8 Å². The Hall–Kier alpha value is -2.16. The molecule has 0 bridgehead atoms. The van der Waals surface area contributed by atoms with Crippen LogP contribution < -0.4 is 4.74 Å². The third-order valence-corrected chi connectivity index (χ3v) is 6.32. The van der Waals surface area contributed by atoms with Gasteiger partial charge in [-0.15, -0.1) is 0 Å². The Bertz CT molecular complexity index is 991. The highest BCUT2D eigenvalue weighted by Crippen LogP contribution is 2.18. The Labute approximate surface area is 181 Å². The standard InChI is InChI=1S/C21H24ClFN2O4S/c1-30(27,28)18-6-4-17(5-7-18)29-14-2-9-24-10-12-25(13-11-24)21(26)19-15-16(22)3-8-20(19)23/h3-8,15H,2,9-14H2,1H3. The van der Waals surface area contributed by atoms with Gasteiger partial charge in [-0.2, -0.15) is 0 Å². The Morgan fingerprint density at radius 1 is 1.10 bits per heavy atom. The van der Waals surface area contributed by atoms with Crippen molar-refractivity contribution in [2.45, 2.75) is 11.3 Å². The van der Waals surface area contributed by atoms with Gasteiger partial charge < -0.3 is 9.64 Å². The highest BCUT2D eigenvalue weighted by atomic mass is 35.5. The molecule has 2 aromatic rings. The summed E-state index contributed by atoms with van der Waals surface area (Å²) in [7, 11) is -3.21.